The van der Waals surface area contributed by atoms with Gasteiger partial charge in [0, 0.05) is 5.56 Å². The third-order valence-electron chi connectivity index (χ3n) is 4.51. The average Bonchev–Trinajstić information content (AvgIpc) is 2.53. The Balaban J connectivity index is 1.98. The van der Waals surface area contributed by atoms with E-state index in [1.54, 1.807) is 19.1 Å². The topological polar surface area (TPSA) is 9.23 Å². The number of hydrogen-bond acceptors (Lipinski definition) is 1. The van der Waals surface area contributed by atoms with Crippen molar-refractivity contribution in [1.82, 2.24) is 0 Å². The lowest BCUT2D eigenvalue weighted by Gasteiger charge is -2.26. The van der Waals surface area contributed by atoms with Gasteiger partial charge in [0.15, 0.2) is 11.6 Å². The van der Waals surface area contributed by atoms with Crippen molar-refractivity contribution in [2.45, 2.75) is 52.4 Å². The van der Waals surface area contributed by atoms with Crippen molar-refractivity contribution < 1.29 is 13.5 Å². The minimum absolute atomic E-state index is 0.0165. The molecule has 122 valence electrons. The van der Waals surface area contributed by atoms with E-state index in [-0.39, 0.29) is 5.75 Å². The monoisotopic (exact) mass is 308 g/mol. The van der Waals surface area contributed by atoms with Crippen molar-refractivity contribution in [2.24, 2.45) is 11.8 Å². The maximum atomic E-state index is 14.0. The fraction of sp³-hybridized carbons (Fsp3) is 0.579. The average molecular weight is 308 g/mol. The van der Waals surface area contributed by atoms with Gasteiger partial charge in [-0.05, 0) is 56.6 Å². The molecule has 1 aliphatic rings. The second-order valence-electron chi connectivity index (χ2n) is 6.14. The van der Waals surface area contributed by atoms with E-state index in [4.69, 9.17) is 4.74 Å². The summed E-state index contributed by atoms with van der Waals surface area (Å²) < 4.78 is 32.9. The lowest BCUT2D eigenvalue weighted by atomic mass is 9.80. The van der Waals surface area contributed by atoms with E-state index < -0.39 is 11.6 Å². The van der Waals surface area contributed by atoms with Gasteiger partial charge in [-0.3, -0.25) is 0 Å². The van der Waals surface area contributed by atoms with Crippen LogP contribution >= 0.6 is 0 Å². The van der Waals surface area contributed by atoms with Crippen LogP contribution in [0.5, 0.6) is 5.75 Å². The largest absolute Gasteiger partial charge is 0.491 e. The zero-order chi connectivity index (χ0) is 15.9. The van der Waals surface area contributed by atoms with Gasteiger partial charge in [0.05, 0.1) is 6.61 Å². The van der Waals surface area contributed by atoms with Gasteiger partial charge in [0.1, 0.15) is 0 Å². The molecule has 1 fully saturated rings. The molecule has 1 saturated carbocycles. The molecule has 2 rings (SSSR count). The molecule has 1 aliphatic carbocycles. The first kappa shape index (κ1) is 17.0. The lowest BCUT2D eigenvalue weighted by Crippen LogP contribution is -2.12. The first-order valence-electron chi connectivity index (χ1n) is 8.44. The first-order valence-corrected chi connectivity index (χ1v) is 8.44. The van der Waals surface area contributed by atoms with Gasteiger partial charge in [0.25, 0.3) is 0 Å². The van der Waals surface area contributed by atoms with Gasteiger partial charge in [-0.15, -0.1) is 0 Å². The van der Waals surface area contributed by atoms with E-state index in [2.05, 4.69) is 6.92 Å². The molecular formula is C19H26F2O. The molecule has 0 amide bonds. The third kappa shape index (κ3) is 4.31. The Morgan fingerprint density at radius 2 is 1.82 bits per heavy atom. The third-order valence-corrected chi connectivity index (χ3v) is 4.51. The maximum absolute atomic E-state index is 14.0. The van der Waals surface area contributed by atoms with Crippen molar-refractivity contribution in [3.05, 3.63) is 35.4 Å². The van der Waals surface area contributed by atoms with Crippen LogP contribution < -0.4 is 4.74 Å². The van der Waals surface area contributed by atoms with Crippen LogP contribution in [0.2, 0.25) is 0 Å². The van der Waals surface area contributed by atoms with Crippen LogP contribution in [0, 0.1) is 23.5 Å². The van der Waals surface area contributed by atoms with E-state index >= 15 is 0 Å². The predicted octanol–water partition coefficient (Wildman–Crippen LogP) is 5.98. The van der Waals surface area contributed by atoms with Crippen LogP contribution in [-0.2, 0) is 0 Å². The number of ether oxygens (including phenoxy) is 1. The van der Waals surface area contributed by atoms with Crippen molar-refractivity contribution >= 4 is 6.08 Å². The van der Waals surface area contributed by atoms with Crippen molar-refractivity contribution in [3.8, 4) is 5.75 Å². The van der Waals surface area contributed by atoms with Gasteiger partial charge in [-0.25, -0.2) is 4.39 Å². The highest BCUT2D eigenvalue weighted by molar-refractivity contribution is 5.52. The second kappa shape index (κ2) is 8.30. The second-order valence-corrected chi connectivity index (χ2v) is 6.14. The molecule has 0 aliphatic heterocycles. The highest BCUT2D eigenvalue weighted by Gasteiger charge is 2.19. The zero-order valence-electron chi connectivity index (χ0n) is 13.6. The molecule has 1 nitrogen and oxygen atoms in total. The number of allylic oxidation sites excluding steroid dienone is 1. The minimum Gasteiger partial charge on any atom is -0.491 e. The molecule has 0 unspecified atom stereocenters. The number of rotatable bonds is 6. The molecule has 0 saturated heterocycles. The molecule has 0 N–H and O–H groups in total. The molecule has 0 bridgehead atoms. The van der Waals surface area contributed by atoms with Crippen LogP contribution in [0.15, 0.2) is 18.2 Å². The molecule has 1 aromatic carbocycles. The zero-order valence-corrected chi connectivity index (χ0v) is 13.6. The Bertz CT molecular complexity index is 502. The summed E-state index contributed by atoms with van der Waals surface area (Å²) in [5.41, 5.74) is 0.302. The fourth-order valence-corrected chi connectivity index (χ4v) is 3.26. The van der Waals surface area contributed by atoms with Crippen LogP contribution in [0.1, 0.15) is 57.9 Å². The Morgan fingerprint density at radius 3 is 2.45 bits per heavy atom. The van der Waals surface area contributed by atoms with Crippen molar-refractivity contribution in [2.75, 3.05) is 6.61 Å². The molecule has 3 heteroatoms. The van der Waals surface area contributed by atoms with Gasteiger partial charge in [-0.1, -0.05) is 31.9 Å². The van der Waals surface area contributed by atoms with Crippen LogP contribution in [-0.4, -0.2) is 6.61 Å². The number of halogens is 2. The summed E-state index contributed by atoms with van der Waals surface area (Å²) in [7, 11) is 0. The van der Waals surface area contributed by atoms with Gasteiger partial charge in [-0.2, -0.15) is 4.39 Å². The predicted molar refractivity (Wildman–Crippen MR) is 86.9 cm³/mol. The summed E-state index contributed by atoms with van der Waals surface area (Å²) in [6.07, 6.45) is 11.1. The van der Waals surface area contributed by atoms with Crippen LogP contribution in [0.25, 0.3) is 6.08 Å². The summed E-state index contributed by atoms with van der Waals surface area (Å²) in [5.74, 6) is -0.383. The summed E-state index contributed by atoms with van der Waals surface area (Å²) in [6.45, 7) is 4.31. The Hall–Kier alpha value is -1.38. The Labute approximate surface area is 132 Å². The summed E-state index contributed by atoms with van der Waals surface area (Å²) in [4.78, 5) is 0. The van der Waals surface area contributed by atoms with Gasteiger partial charge < -0.3 is 4.74 Å². The summed E-state index contributed by atoms with van der Waals surface area (Å²) in [5, 5.41) is 0. The normalized spacial score (nSPS) is 22.2. The molecule has 0 atom stereocenters. The maximum Gasteiger partial charge on any atom is 0.201 e. The highest BCUT2D eigenvalue weighted by atomic mass is 19.2. The number of benzene rings is 1. The SMILES string of the molecule is CCCC1CCC(C=Cc2ccc(OCC)c(F)c2F)CC1. The van der Waals surface area contributed by atoms with Crippen molar-refractivity contribution in [1.29, 1.82) is 0 Å². The first-order chi connectivity index (χ1) is 10.7. The smallest absolute Gasteiger partial charge is 0.201 e. The fourth-order valence-electron chi connectivity index (χ4n) is 3.26. The molecule has 0 spiro atoms. The lowest BCUT2D eigenvalue weighted by molar-refractivity contribution is 0.294. The van der Waals surface area contributed by atoms with E-state index in [1.165, 1.54) is 31.7 Å². The molecular weight excluding hydrogens is 282 g/mol. The highest BCUT2D eigenvalue weighted by Crippen LogP contribution is 2.33. The standard InChI is InChI=1S/C19H26F2O/c1-3-5-14-6-8-15(9-7-14)10-11-16-12-13-17(22-4-2)19(21)18(16)20/h10-15H,3-9H2,1-2H3. The summed E-state index contributed by atoms with van der Waals surface area (Å²) in [6, 6.07) is 3.09. The number of hydrogen-bond donors (Lipinski definition) is 0. The van der Waals surface area contributed by atoms with E-state index in [0.29, 0.717) is 18.1 Å². The Morgan fingerprint density at radius 1 is 1.09 bits per heavy atom. The van der Waals surface area contributed by atoms with Gasteiger partial charge >= 0.3 is 0 Å². The molecule has 0 heterocycles. The van der Waals surface area contributed by atoms with E-state index in [1.807, 2.05) is 6.08 Å². The Kier molecular flexibility index (Phi) is 6.41. The minimum atomic E-state index is -0.893. The van der Waals surface area contributed by atoms with E-state index in [9.17, 15) is 8.78 Å². The van der Waals surface area contributed by atoms with Crippen LogP contribution in [0.4, 0.5) is 8.78 Å². The molecule has 22 heavy (non-hydrogen) atoms. The van der Waals surface area contributed by atoms with E-state index in [0.717, 1.165) is 18.8 Å². The molecule has 0 aromatic heterocycles. The quantitative estimate of drug-likeness (QED) is 0.628. The molecule has 0 radical (unpaired) electrons. The van der Waals surface area contributed by atoms with Crippen LogP contribution in [0.3, 0.4) is 0 Å². The van der Waals surface area contributed by atoms with Gasteiger partial charge in [0.2, 0.25) is 5.82 Å². The summed E-state index contributed by atoms with van der Waals surface area (Å²) >= 11 is 0. The molecule has 1 aromatic rings. The van der Waals surface area contributed by atoms with Crippen molar-refractivity contribution in [3.63, 3.8) is 0 Å².